The van der Waals surface area contributed by atoms with E-state index in [1.807, 2.05) is 5.32 Å². The van der Waals surface area contributed by atoms with Gasteiger partial charge in [0.15, 0.2) is 0 Å². The lowest BCUT2D eigenvalue weighted by Crippen LogP contribution is -2.30. The largest absolute Gasteiger partial charge is 0.355 e. The van der Waals surface area contributed by atoms with E-state index in [0.717, 1.165) is 17.7 Å². The van der Waals surface area contributed by atoms with Gasteiger partial charge in [0.05, 0.1) is 0 Å². The highest BCUT2D eigenvalue weighted by atomic mass is 35.5. The Morgan fingerprint density at radius 2 is 1.68 bits per heavy atom. The monoisotopic (exact) mass is 386 g/mol. The van der Waals surface area contributed by atoms with E-state index in [1.165, 1.54) is 6.07 Å². The van der Waals surface area contributed by atoms with Crippen molar-refractivity contribution < 1.29 is 18.4 Å². The zero-order chi connectivity index (χ0) is 18.4. The van der Waals surface area contributed by atoms with E-state index in [0.29, 0.717) is 16.5 Å². The summed E-state index contributed by atoms with van der Waals surface area (Å²) in [6, 6.07) is 8.21. The molecule has 0 aliphatic carbocycles. The smallest absolute Gasteiger partial charge is 0.233 e. The molecule has 2 amide bonds. The fraction of sp³-hybridized carbons (Fsp3) is 0.176. The standard InChI is InChI=1S/C17H14Cl2F2N2O2/c18-11-5-4-10(12(19)8-11)6-7-22-15(24)9-16(25)23-17-13(20)2-1-3-14(17)21/h1-5,8H,6-7,9H2,(H,22,24)(H,23,25). The Labute approximate surface area is 153 Å². The molecule has 0 aliphatic rings. The molecule has 0 radical (unpaired) electrons. The van der Waals surface area contributed by atoms with Crippen LogP contribution in [0.3, 0.4) is 0 Å². The van der Waals surface area contributed by atoms with E-state index in [1.54, 1.807) is 18.2 Å². The minimum absolute atomic E-state index is 0.252. The Morgan fingerprint density at radius 3 is 2.32 bits per heavy atom. The zero-order valence-electron chi connectivity index (χ0n) is 12.9. The summed E-state index contributed by atoms with van der Waals surface area (Å²) in [6.45, 7) is 0.252. The Hall–Kier alpha value is -2.18. The lowest BCUT2D eigenvalue weighted by Gasteiger charge is -2.09. The van der Waals surface area contributed by atoms with Crippen LogP contribution in [0.2, 0.25) is 10.0 Å². The summed E-state index contributed by atoms with van der Waals surface area (Å²) in [4.78, 5) is 23.4. The molecule has 0 saturated carbocycles. The summed E-state index contributed by atoms with van der Waals surface area (Å²) in [5.41, 5.74) is 0.220. The van der Waals surface area contributed by atoms with Gasteiger partial charge in [-0.1, -0.05) is 35.3 Å². The molecule has 2 rings (SSSR count). The van der Waals surface area contributed by atoms with Gasteiger partial charge >= 0.3 is 0 Å². The topological polar surface area (TPSA) is 58.2 Å². The second kappa shape index (κ2) is 8.78. The highest BCUT2D eigenvalue weighted by molar-refractivity contribution is 6.35. The van der Waals surface area contributed by atoms with E-state index in [-0.39, 0.29) is 6.54 Å². The van der Waals surface area contributed by atoms with Crippen molar-refractivity contribution in [3.63, 3.8) is 0 Å². The van der Waals surface area contributed by atoms with Gasteiger partial charge in [-0.2, -0.15) is 0 Å². The van der Waals surface area contributed by atoms with Crippen molar-refractivity contribution in [2.75, 3.05) is 11.9 Å². The molecule has 0 heterocycles. The van der Waals surface area contributed by atoms with Crippen LogP contribution in [0.1, 0.15) is 12.0 Å². The van der Waals surface area contributed by atoms with Crippen molar-refractivity contribution in [2.24, 2.45) is 0 Å². The van der Waals surface area contributed by atoms with E-state index in [2.05, 4.69) is 5.32 Å². The molecule has 0 saturated heterocycles. The number of carbonyl (C=O) groups is 2. The van der Waals surface area contributed by atoms with Crippen LogP contribution in [0.15, 0.2) is 36.4 Å². The van der Waals surface area contributed by atoms with E-state index in [9.17, 15) is 18.4 Å². The molecule has 0 unspecified atom stereocenters. The molecule has 2 N–H and O–H groups in total. The van der Waals surface area contributed by atoms with Crippen molar-refractivity contribution in [3.8, 4) is 0 Å². The molecule has 2 aromatic carbocycles. The molecule has 132 valence electrons. The van der Waals surface area contributed by atoms with Crippen molar-refractivity contribution >= 4 is 40.7 Å². The SMILES string of the molecule is O=C(CC(=O)Nc1c(F)cccc1F)NCCc1ccc(Cl)cc1Cl. The maximum Gasteiger partial charge on any atom is 0.233 e. The molecule has 0 aliphatic heterocycles. The van der Waals surface area contributed by atoms with Gasteiger partial charge in [0.25, 0.3) is 0 Å². The lowest BCUT2D eigenvalue weighted by molar-refractivity contribution is -0.126. The molecule has 0 aromatic heterocycles. The van der Waals surface area contributed by atoms with E-state index in [4.69, 9.17) is 23.2 Å². The third-order valence-electron chi connectivity index (χ3n) is 3.28. The summed E-state index contributed by atoms with van der Waals surface area (Å²) in [6.07, 6.45) is -0.104. The summed E-state index contributed by atoms with van der Waals surface area (Å²) < 4.78 is 26.9. The number of halogens is 4. The van der Waals surface area contributed by atoms with Crippen LogP contribution >= 0.6 is 23.2 Å². The highest BCUT2D eigenvalue weighted by Gasteiger charge is 2.14. The van der Waals surface area contributed by atoms with E-state index < -0.39 is 35.6 Å². The predicted octanol–water partition coefficient (Wildman–Crippen LogP) is 3.96. The first kappa shape index (κ1) is 19.1. The van der Waals surface area contributed by atoms with Gasteiger partial charge in [-0.15, -0.1) is 0 Å². The molecular formula is C17H14Cl2F2N2O2. The van der Waals surface area contributed by atoms with Gasteiger partial charge in [0.1, 0.15) is 23.7 Å². The summed E-state index contributed by atoms with van der Waals surface area (Å²) in [5.74, 6) is -3.21. The number of hydrogen-bond acceptors (Lipinski definition) is 2. The third kappa shape index (κ3) is 5.69. The summed E-state index contributed by atoms with van der Waals surface area (Å²) in [7, 11) is 0. The molecule has 8 heteroatoms. The molecule has 25 heavy (non-hydrogen) atoms. The van der Waals surface area contributed by atoms with Gasteiger partial charge < -0.3 is 10.6 Å². The number of rotatable bonds is 6. The van der Waals surface area contributed by atoms with E-state index >= 15 is 0 Å². The van der Waals surface area contributed by atoms with Crippen LogP contribution in [0, 0.1) is 11.6 Å². The first-order valence-electron chi connectivity index (χ1n) is 7.31. The third-order valence-corrected chi connectivity index (χ3v) is 3.87. The van der Waals surface area contributed by atoms with Crippen molar-refractivity contribution in [3.05, 3.63) is 63.6 Å². The second-order valence-corrected chi connectivity index (χ2v) is 6.00. The number of carbonyl (C=O) groups excluding carboxylic acids is 2. The van der Waals surface area contributed by atoms with Gasteiger partial charge in [-0.3, -0.25) is 9.59 Å². The fourth-order valence-corrected chi connectivity index (χ4v) is 2.57. The number of hydrogen-bond donors (Lipinski definition) is 2. The molecule has 0 bridgehead atoms. The molecule has 0 spiro atoms. The quantitative estimate of drug-likeness (QED) is 0.738. The number of benzene rings is 2. The Balaban J connectivity index is 1.81. The number of amides is 2. The number of anilines is 1. The van der Waals surface area contributed by atoms with Crippen LogP contribution in [0.4, 0.5) is 14.5 Å². The average molecular weight is 387 g/mol. The van der Waals surface area contributed by atoms with Crippen molar-refractivity contribution in [1.82, 2.24) is 5.32 Å². The van der Waals surface area contributed by atoms with Crippen LogP contribution in [-0.2, 0) is 16.0 Å². The molecular weight excluding hydrogens is 373 g/mol. The van der Waals surface area contributed by atoms with Crippen LogP contribution < -0.4 is 10.6 Å². The average Bonchev–Trinajstić information content (AvgIpc) is 2.53. The highest BCUT2D eigenvalue weighted by Crippen LogP contribution is 2.21. The second-order valence-electron chi connectivity index (χ2n) is 5.16. The summed E-state index contributed by atoms with van der Waals surface area (Å²) in [5, 5.41) is 5.58. The van der Waals surface area contributed by atoms with Gasteiger partial charge in [0, 0.05) is 16.6 Å². The van der Waals surface area contributed by atoms with Crippen LogP contribution in [-0.4, -0.2) is 18.4 Å². The van der Waals surface area contributed by atoms with Gasteiger partial charge in [-0.05, 0) is 36.2 Å². The summed E-state index contributed by atoms with van der Waals surface area (Å²) >= 11 is 11.8. The first-order chi connectivity index (χ1) is 11.9. The maximum absolute atomic E-state index is 13.4. The minimum atomic E-state index is -0.911. The van der Waals surface area contributed by atoms with Crippen LogP contribution in [0.25, 0.3) is 0 Å². The van der Waals surface area contributed by atoms with Crippen molar-refractivity contribution in [2.45, 2.75) is 12.8 Å². The lowest BCUT2D eigenvalue weighted by atomic mass is 10.1. The first-order valence-corrected chi connectivity index (χ1v) is 8.07. The Morgan fingerprint density at radius 1 is 1.00 bits per heavy atom. The van der Waals surface area contributed by atoms with Gasteiger partial charge in [0.2, 0.25) is 11.8 Å². The Bertz CT molecular complexity index is 780. The number of nitrogens with one attached hydrogen (secondary N) is 2. The Kier molecular flexibility index (Phi) is 6.73. The zero-order valence-corrected chi connectivity index (χ0v) is 14.4. The number of para-hydroxylation sites is 1. The van der Waals surface area contributed by atoms with Crippen molar-refractivity contribution in [1.29, 1.82) is 0 Å². The fourth-order valence-electron chi connectivity index (χ4n) is 2.07. The molecule has 4 nitrogen and oxygen atoms in total. The minimum Gasteiger partial charge on any atom is -0.355 e. The maximum atomic E-state index is 13.4. The molecule has 0 fully saturated rings. The van der Waals surface area contributed by atoms with Crippen LogP contribution in [0.5, 0.6) is 0 Å². The molecule has 0 atom stereocenters. The molecule has 2 aromatic rings. The predicted molar refractivity (Wildman–Crippen MR) is 92.8 cm³/mol. The normalized spacial score (nSPS) is 10.4. The van der Waals surface area contributed by atoms with Gasteiger partial charge in [-0.25, -0.2) is 8.78 Å².